The number of anilines is 6. The Morgan fingerprint density at radius 2 is 0.881 bits per heavy atom. The average molecular weight is 938 g/mol. The van der Waals surface area contributed by atoms with Crippen LogP contribution in [-0.4, -0.2) is 36.2 Å². The smallest absolute Gasteiger partial charge is 0.296 e. The first-order valence-corrected chi connectivity index (χ1v) is 22.3. The molecule has 0 aliphatic rings. The predicted octanol–water partition coefficient (Wildman–Crippen LogP) is 11.6. The van der Waals surface area contributed by atoms with Gasteiger partial charge >= 0.3 is 0 Å². The van der Waals surface area contributed by atoms with Crippen LogP contribution in [0.3, 0.4) is 0 Å². The van der Waals surface area contributed by atoms with Crippen LogP contribution in [0.2, 0.25) is 0 Å². The van der Waals surface area contributed by atoms with E-state index in [0.717, 1.165) is 12.1 Å². The third-order valence-electron chi connectivity index (χ3n) is 9.85. The summed E-state index contributed by atoms with van der Waals surface area (Å²) in [4.78, 5) is -1.43. The highest BCUT2D eigenvalue weighted by atomic mass is 32.2. The molecule has 0 atom stereocenters. The van der Waals surface area contributed by atoms with Crippen molar-refractivity contribution in [2.24, 2.45) is 40.9 Å². The van der Waals surface area contributed by atoms with E-state index in [9.17, 15) is 36.2 Å². The normalized spacial score (nSPS) is 12.4. The fraction of sp³-hybridized carbons (Fsp3) is 0. The van der Waals surface area contributed by atoms with Crippen LogP contribution in [0, 0.1) is 0 Å². The van der Waals surface area contributed by atoms with Crippen LogP contribution in [0.15, 0.2) is 184 Å². The average Bonchev–Trinajstić information content (AvgIpc) is 3.28. The van der Waals surface area contributed by atoms with Crippen molar-refractivity contribution in [3.05, 3.63) is 133 Å². The van der Waals surface area contributed by atoms with E-state index in [1.807, 2.05) is 0 Å². The molecular formula is C44H35N13O8S2. The minimum atomic E-state index is -4.99. The molecule has 0 spiro atoms. The van der Waals surface area contributed by atoms with Gasteiger partial charge in [0, 0.05) is 27.8 Å². The van der Waals surface area contributed by atoms with Crippen molar-refractivity contribution >= 4 is 121 Å². The zero-order chi connectivity index (χ0) is 47.6. The van der Waals surface area contributed by atoms with Gasteiger partial charge in [-0.25, -0.2) is 0 Å². The molecule has 8 aromatic carbocycles. The molecule has 0 fully saturated rings. The Morgan fingerprint density at radius 3 is 1.46 bits per heavy atom. The summed E-state index contributed by atoms with van der Waals surface area (Å²) in [5.74, 6) is -0.855. The molecule has 0 aromatic heterocycles. The third kappa shape index (κ3) is 10.1. The van der Waals surface area contributed by atoms with Crippen molar-refractivity contribution < 1.29 is 36.2 Å². The largest absolute Gasteiger partial charge is 0.505 e. The molecule has 0 bridgehead atoms. The molecule has 0 saturated carbocycles. The van der Waals surface area contributed by atoms with E-state index in [2.05, 4.69) is 46.2 Å². The van der Waals surface area contributed by atoms with Gasteiger partial charge in [0.05, 0.1) is 39.8 Å². The second-order valence-corrected chi connectivity index (χ2v) is 17.3. The zero-order valence-corrected chi connectivity index (χ0v) is 36.0. The zero-order valence-electron chi connectivity index (χ0n) is 34.3. The lowest BCUT2D eigenvalue weighted by Crippen LogP contribution is -2.03. The minimum absolute atomic E-state index is 0.0529. The van der Waals surface area contributed by atoms with Gasteiger partial charge in [-0.2, -0.15) is 37.3 Å². The van der Waals surface area contributed by atoms with E-state index in [4.69, 9.17) is 22.9 Å². The molecule has 0 aliphatic carbocycles. The number of nitrogen functional groups attached to an aromatic ring is 4. The van der Waals surface area contributed by atoms with Gasteiger partial charge in [0.2, 0.25) is 0 Å². The second kappa shape index (κ2) is 17.9. The van der Waals surface area contributed by atoms with Gasteiger partial charge < -0.3 is 38.5 Å². The SMILES string of the molecule is Nc1ccc(N=Nc2ccc3ccc(N=Nc4ccc(Nc5ccc(N=Nc6c(S(=O)(=O)O)cc7ccc(N=Nc8ccc(N)cc8N)cc7c6O)cc5S(=O)(=O)O)cc4)c(O)c3c2)c(N)c1. The maximum atomic E-state index is 12.6. The van der Waals surface area contributed by atoms with Gasteiger partial charge in [0.15, 0.2) is 11.5 Å². The molecule has 0 aliphatic heterocycles. The number of azo groups is 4. The Labute approximate surface area is 380 Å². The number of phenols is 2. The number of nitrogens with two attached hydrogens (primary N) is 4. The molecule has 8 aromatic rings. The van der Waals surface area contributed by atoms with E-state index in [1.165, 1.54) is 36.4 Å². The fourth-order valence-corrected chi connectivity index (χ4v) is 7.86. The molecule has 13 N–H and O–H groups in total. The Morgan fingerprint density at radius 1 is 0.418 bits per heavy atom. The molecule has 21 nitrogen and oxygen atoms in total. The highest BCUT2D eigenvalue weighted by Gasteiger charge is 2.23. The number of fused-ring (bicyclic) bond motifs is 2. The van der Waals surface area contributed by atoms with Gasteiger partial charge in [-0.3, -0.25) is 9.11 Å². The first-order chi connectivity index (χ1) is 31.9. The van der Waals surface area contributed by atoms with Crippen LogP contribution in [0.1, 0.15) is 0 Å². The number of phenolic OH excluding ortho intramolecular Hbond substituents is 2. The van der Waals surface area contributed by atoms with Crippen LogP contribution >= 0.6 is 0 Å². The number of benzene rings is 8. The summed E-state index contributed by atoms with van der Waals surface area (Å²) < 4.78 is 70.3. The molecule has 0 amide bonds. The Bertz CT molecular complexity index is 3640. The standard InChI is InChI=1S/C44H35N13O8S2/c45-25-4-14-36(34(47)18-25)54-51-29-6-1-23-3-13-39(43(58)32(23)20-29)56-50-28-10-8-27(9-11-28)49-38-16-12-31(22-40(38)66(60,61)62)53-57-42-41(67(63,64)65)17-24-2-7-30(21-33(24)44(42)59)52-55-37-15-5-26(46)19-35(37)48/h1-22,49,58-59H,45-48H2,(H,60,61,62)(H,63,64,65). The highest BCUT2D eigenvalue weighted by Crippen LogP contribution is 2.44. The Balaban J connectivity index is 1.01. The van der Waals surface area contributed by atoms with E-state index in [0.29, 0.717) is 56.3 Å². The van der Waals surface area contributed by atoms with Gasteiger partial charge in [-0.05, 0) is 126 Å². The van der Waals surface area contributed by atoms with Crippen molar-refractivity contribution in [1.82, 2.24) is 0 Å². The molecule has 67 heavy (non-hydrogen) atoms. The van der Waals surface area contributed by atoms with Crippen molar-refractivity contribution in [3.63, 3.8) is 0 Å². The van der Waals surface area contributed by atoms with E-state index < -0.39 is 41.5 Å². The summed E-state index contributed by atoms with van der Waals surface area (Å²) in [5, 5.41) is 59.5. The van der Waals surface area contributed by atoms with E-state index in [1.54, 1.807) is 84.9 Å². The molecule has 0 saturated heterocycles. The topological polar surface area (TPSA) is 364 Å². The molecule has 23 heteroatoms. The predicted molar refractivity (Wildman–Crippen MR) is 254 cm³/mol. The highest BCUT2D eigenvalue weighted by molar-refractivity contribution is 7.86. The summed E-state index contributed by atoms with van der Waals surface area (Å²) in [6, 6.07) is 33.1. The van der Waals surface area contributed by atoms with E-state index in [-0.39, 0.29) is 45.0 Å². The first-order valence-electron chi connectivity index (χ1n) is 19.4. The Hall–Kier alpha value is -8.90. The van der Waals surface area contributed by atoms with Crippen molar-refractivity contribution in [3.8, 4) is 11.5 Å². The van der Waals surface area contributed by atoms with Crippen LogP contribution in [-0.2, 0) is 20.2 Å². The molecular weight excluding hydrogens is 903 g/mol. The fourth-order valence-electron chi connectivity index (χ4n) is 6.54. The maximum absolute atomic E-state index is 12.6. The summed E-state index contributed by atoms with van der Waals surface area (Å²) in [7, 11) is -9.91. The number of nitrogens with zero attached hydrogens (tertiary/aromatic N) is 8. The van der Waals surface area contributed by atoms with Gasteiger partial charge in [-0.1, -0.05) is 18.2 Å². The summed E-state index contributed by atoms with van der Waals surface area (Å²) in [6.45, 7) is 0. The lowest BCUT2D eigenvalue weighted by atomic mass is 10.1. The number of rotatable bonds is 12. The van der Waals surface area contributed by atoms with E-state index >= 15 is 0 Å². The van der Waals surface area contributed by atoms with Crippen LogP contribution < -0.4 is 28.3 Å². The van der Waals surface area contributed by atoms with Crippen LogP contribution in [0.4, 0.5) is 79.6 Å². The molecule has 0 heterocycles. The van der Waals surface area contributed by atoms with Gasteiger partial charge in [0.1, 0.15) is 32.5 Å². The molecule has 8 rings (SSSR count). The second-order valence-electron chi connectivity index (χ2n) is 14.6. The molecule has 336 valence electrons. The lowest BCUT2D eigenvalue weighted by Gasteiger charge is -2.11. The van der Waals surface area contributed by atoms with Crippen LogP contribution in [0.5, 0.6) is 11.5 Å². The Kier molecular flexibility index (Phi) is 12.0. The number of hydrogen-bond acceptors (Lipinski definition) is 19. The summed E-state index contributed by atoms with van der Waals surface area (Å²) >= 11 is 0. The minimum Gasteiger partial charge on any atom is -0.505 e. The summed E-state index contributed by atoms with van der Waals surface area (Å²) in [6.07, 6.45) is 0. The van der Waals surface area contributed by atoms with Crippen molar-refractivity contribution in [2.75, 3.05) is 28.3 Å². The lowest BCUT2D eigenvalue weighted by molar-refractivity contribution is 0.472. The third-order valence-corrected chi connectivity index (χ3v) is 11.6. The maximum Gasteiger partial charge on any atom is 0.296 e. The van der Waals surface area contributed by atoms with Gasteiger partial charge in [-0.15, -0.1) is 20.5 Å². The molecule has 0 radical (unpaired) electrons. The number of aromatic hydroxyl groups is 2. The number of nitrogens with one attached hydrogen (secondary N) is 1. The number of hydrogen-bond donors (Lipinski definition) is 9. The van der Waals surface area contributed by atoms with Crippen molar-refractivity contribution in [1.29, 1.82) is 0 Å². The van der Waals surface area contributed by atoms with Crippen LogP contribution in [0.25, 0.3) is 21.5 Å². The molecule has 0 unspecified atom stereocenters. The quantitative estimate of drug-likeness (QED) is 0.0313. The first kappa shape index (κ1) is 44.7. The summed E-state index contributed by atoms with van der Waals surface area (Å²) in [5.41, 5.74) is 26.3. The monoisotopic (exact) mass is 937 g/mol. The van der Waals surface area contributed by atoms with Gasteiger partial charge in [0.25, 0.3) is 20.2 Å². The van der Waals surface area contributed by atoms with Crippen molar-refractivity contribution in [2.45, 2.75) is 9.79 Å².